The second-order valence-electron chi connectivity index (χ2n) is 8.62. The maximum atomic E-state index is 13.3. The maximum absolute atomic E-state index is 13.3. The van der Waals surface area contributed by atoms with Crippen LogP contribution < -0.4 is 10.6 Å². The quantitative estimate of drug-likeness (QED) is 0.444. The minimum Gasteiger partial charge on any atom is -0.480 e. The summed E-state index contributed by atoms with van der Waals surface area (Å²) < 4.78 is 26.3. The summed E-state index contributed by atoms with van der Waals surface area (Å²) in [7, 11) is 0. The number of benzene rings is 3. The summed E-state index contributed by atoms with van der Waals surface area (Å²) in [4.78, 5) is 38.0. The van der Waals surface area contributed by atoms with Gasteiger partial charge in [-0.25, -0.2) is 18.4 Å². The fraction of sp³-hybridized carbons (Fsp3) is 0.192. The molecule has 0 aromatic heterocycles. The molecule has 0 saturated carbocycles. The molecule has 3 aromatic rings. The van der Waals surface area contributed by atoms with E-state index in [1.54, 1.807) is 50.2 Å². The highest BCUT2D eigenvalue weighted by atomic mass is 19.2. The third-order valence-electron chi connectivity index (χ3n) is 5.81. The molecule has 0 radical (unpaired) electrons. The first-order chi connectivity index (χ1) is 16.6. The van der Waals surface area contributed by atoms with Crippen molar-refractivity contribution >= 4 is 29.3 Å². The summed E-state index contributed by atoms with van der Waals surface area (Å²) in [6.45, 7) is 3.77. The summed E-state index contributed by atoms with van der Waals surface area (Å²) in [6, 6.07) is 13.9. The van der Waals surface area contributed by atoms with Crippen LogP contribution in [0.2, 0.25) is 0 Å². The minimum absolute atomic E-state index is 0.113. The van der Waals surface area contributed by atoms with Gasteiger partial charge in [0.05, 0.1) is 0 Å². The molecule has 7 nitrogen and oxygen atoms in total. The molecule has 1 aliphatic heterocycles. The Morgan fingerprint density at radius 3 is 2.14 bits per heavy atom. The van der Waals surface area contributed by atoms with Crippen molar-refractivity contribution in [1.82, 2.24) is 4.90 Å². The summed E-state index contributed by atoms with van der Waals surface area (Å²) >= 11 is 0. The van der Waals surface area contributed by atoms with E-state index in [1.807, 2.05) is 6.07 Å². The van der Waals surface area contributed by atoms with Crippen LogP contribution in [0.5, 0.6) is 0 Å². The zero-order valence-electron chi connectivity index (χ0n) is 19.0. The third-order valence-corrected chi connectivity index (χ3v) is 5.81. The van der Waals surface area contributed by atoms with Crippen molar-refractivity contribution in [2.45, 2.75) is 26.4 Å². The lowest BCUT2D eigenvalue weighted by Crippen LogP contribution is -2.44. The lowest BCUT2D eigenvalue weighted by molar-refractivity contribution is -0.144. The molecule has 1 aliphatic rings. The average molecular weight is 479 g/mol. The molecule has 3 amide bonds. The number of amides is 3. The molecule has 35 heavy (non-hydrogen) atoms. The summed E-state index contributed by atoms with van der Waals surface area (Å²) in [6.07, 6.45) is 0. The Morgan fingerprint density at radius 2 is 1.51 bits per heavy atom. The molecule has 1 heterocycles. The predicted molar refractivity (Wildman–Crippen MR) is 127 cm³/mol. The molecule has 3 aromatic carbocycles. The van der Waals surface area contributed by atoms with Gasteiger partial charge in [0.15, 0.2) is 11.6 Å². The number of fused-ring (bicyclic) bond motifs is 1. The van der Waals surface area contributed by atoms with E-state index in [2.05, 4.69) is 10.6 Å². The van der Waals surface area contributed by atoms with E-state index in [9.17, 15) is 28.3 Å². The van der Waals surface area contributed by atoms with Crippen LogP contribution in [-0.4, -0.2) is 34.0 Å². The van der Waals surface area contributed by atoms with E-state index >= 15 is 0 Å². The topological polar surface area (TPSA) is 98.7 Å². The van der Waals surface area contributed by atoms with Crippen LogP contribution in [-0.2, 0) is 11.3 Å². The number of hydrogen-bond acceptors (Lipinski definition) is 3. The maximum Gasteiger partial charge on any atom is 0.326 e. The molecule has 1 atom stereocenters. The Kier molecular flexibility index (Phi) is 6.50. The number of carboxylic acid groups (broad SMARTS) is 1. The molecule has 4 rings (SSSR count). The highest BCUT2D eigenvalue weighted by Gasteiger charge is 2.38. The Balaban J connectivity index is 1.45. The largest absolute Gasteiger partial charge is 0.480 e. The zero-order valence-corrected chi connectivity index (χ0v) is 19.0. The smallest absolute Gasteiger partial charge is 0.326 e. The van der Waals surface area contributed by atoms with E-state index in [0.717, 1.165) is 28.8 Å². The Labute approximate surface area is 200 Å². The number of nitrogens with zero attached hydrogens (tertiary/aromatic N) is 1. The van der Waals surface area contributed by atoms with Gasteiger partial charge in [0.1, 0.15) is 6.04 Å². The lowest BCUT2D eigenvalue weighted by atomic mass is 10.0. The van der Waals surface area contributed by atoms with Crippen LogP contribution >= 0.6 is 0 Å². The van der Waals surface area contributed by atoms with E-state index < -0.39 is 29.7 Å². The number of hydrogen-bond donors (Lipinski definition) is 3. The van der Waals surface area contributed by atoms with E-state index in [4.69, 9.17) is 0 Å². The van der Waals surface area contributed by atoms with Crippen molar-refractivity contribution in [2.24, 2.45) is 5.92 Å². The summed E-state index contributed by atoms with van der Waals surface area (Å²) in [5.74, 6) is -3.62. The average Bonchev–Trinajstić information content (AvgIpc) is 3.11. The number of nitrogens with one attached hydrogen (secondary N) is 2. The molecule has 0 saturated heterocycles. The number of carboxylic acids is 1. The Morgan fingerprint density at radius 1 is 0.886 bits per heavy atom. The van der Waals surface area contributed by atoms with E-state index in [1.165, 1.54) is 11.0 Å². The zero-order chi connectivity index (χ0) is 25.3. The number of carbonyl (C=O) groups excluding carboxylic acids is 2. The van der Waals surface area contributed by atoms with Crippen LogP contribution in [0.4, 0.5) is 25.0 Å². The van der Waals surface area contributed by atoms with Gasteiger partial charge in [0, 0.05) is 29.5 Å². The van der Waals surface area contributed by atoms with Crippen LogP contribution in [0.15, 0.2) is 60.7 Å². The van der Waals surface area contributed by atoms with Gasteiger partial charge in [-0.3, -0.25) is 4.79 Å². The standard InChI is InChI=1S/C26H23F2N3O4/c1-14(2)23(25(33)34)31-13-17-11-16(5-9-20(17)24(31)32)15-3-6-18(7-4-15)29-26(35)30-19-8-10-21(27)22(28)12-19/h3-12,14,23H,13H2,1-2H3,(H,33,34)(H2,29,30,35)/t23-/m0/s1. The van der Waals surface area contributed by atoms with Crippen molar-refractivity contribution in [3.8, 4) is 11.1 Å². The van der Waals surface area contributed by atoms with Gasteiger partial charge in [-0.05, 0) is 59.0 Å². The summed E-state index contributed by atoms with van der Waals surface area (Å²) in [5.41, 5.74) is 3.52. The Hall–Kier alpha value is -4.27. The number of urea groups is 1. The number of carbonyl (C=O) groups is 3. The normalized spacial score (nSPS) is 13.5. The molecule has 0 unspecified atom stereocenters. The molecule has 180 valence electrons. The van der Waals surface area contributed by atoms with Crippen molar-refractivity contribution in [3.63, 3.8) is 0 Å². The van der Waals surface area contributed by atoms with Crippen LogP contribution in [0.3, 0.4) is 0 Å². The number of anilines is 2. The van der Waals surface area contributed by atoms with E-state index in [0.29, 0.717) is 11.3 Å². The molecular formula is C26H23F2N3O4. The van der Waals surface area contributed by atoms with Crippen molar-refractivity contribution in [3.05, 3.63) is 83.4 Å². The molecule has 0 fully saturated rings. The molecule has 9 heteroatoms. The highest BCUT2D eigenvalue weighted by molar-refractivity contribution is 6.01. The van der Waals surface area contributed by atoms with Crippen molar-refractivity contribution in [2.75, 3.05) is 10.6 Å². The molecule has 0 bridgehead atoms. The third kappa shape index (κ3) is 4.98. The van der Waals surface area contributed by atoms with Crippen molar-refractivity contribution in [1.29, 1.82) is 0 Å². The first kappa shape index (κ1) is 23.9. The lowest BCUT2D eigenvalue weighted by Gasteiger charge is -2.27. The molecular weight excluding hydrogens is 456 g/mol. The van der Waals surface area contributed by atoms with E-state index in [-0.39, 0.29) is 24.1 Å². The second kappa shape index (κ2) is 9.54. The predicted octanol–water partition coefficient (Wildman–Crippen LogP) is 5.34. The SMILES string of the molecule is CC(C)[C@@H](C(=O)O)N1Cc2cc(-c3ccc(NC(=O)Nc4ccc(F)c(F)c4)cc3)ccc2C1=O. The van der Waals surface area contributed by atoms with Crippen LogP contribution in [0.25, 0.3) is 11.1 Å². The monoisotopic (exact) mass is 479 g/mol. The molecule has 0 spiro atoms. The van der Waals surface area contributed by atoms with Gasteiger partial charge in [-0.2, -0.15) is 0 Å². The summed E-state index contributed by atoms with van der Waals surface area (Å²) in [5, 5.41) is 14.6. The van der Waals surface area contributed by atoms with Gasteiger partial charge >= 0.3 is 12.0 Å². The Bertz CT molecular complexity index is 1310. The first-order valence-electron chi connectivity index (χ1n) is 10.9. The van der Waals surface area contributed by atoms with Gasteiger partial charge in [-0.15, -0.1) is 0 Å². The van der Waals surface area contributed by atoms with Crippen molar-refractivity contribution < 1.29 is 28.3 Å². The van der Waals surface area contributed by atoms with Crippen LogP contribution in [0, 0.1) is 17.6 Å². The second-order valence-corrected chi connectivity index (χ2v) is 8.62. The fourth-order valence-corrected chi connectivity index (χ4v) is 4.14. The number of halogens is 2. The van der Waals surface area contributed by atoms with Gasteiger partial charge < -0.3 is 20.6 Å². The molecule has 3 N–H and O–H groups in total. The number of rotatable bonds is 6. The van der Waals surface area contributed by atoms with Gasteiger partial charge in [0.2, 0.25) is 0 Å². The number of aliphatic carboxylic acids is 1. The fourth-order valence-electron chi connectivity index (χ4n) is 4.14. The van der Waals surface area contributed by atoms with Gasteiger partial charge in [-0.1, -0.05) is 32.0 Å². The highest BCUT2D eigenvalue weighted by Crippen LogP contribution is 2.31. The minimum atomic E-state index is -1.06. The molecule has 0 aliphatic carbocycles. The van der Waals surface area contributed by atoms with Crippen LogP contribution in [0.1, 0.15) is 29.8 Å². The van der Waals surface area contributed by atoms with Gasteiger partial charge in [0.25, 0.3) is 5.91 Å². The first-order valence-corrected chi connectivity index (χ1v) is 10.9.